The largest absolute Gasteiger partial charge is 0.493 e. The van der Waals surface area contributed by atoms with E-state index in [9.17, 15) is 14.9 Å². The van der Waals surface area contributed by atoms with Crippen LogP contribution in [-0.4, -0.2) is 51.0 Å². The van der Waals surface area contributed by atoms with Gasteiger partial charge in [-0.15, -0.1) is 11.3 Å². The van der Waals surface area contributed by atoms with E-state index in [2.05, 4.69) is 6.07 Å². The van der Waals surface area contributed by atoms with Crippen LogP contribution in [0.4, 0.5) is 5.69 Å². The molecule has 0 unspecified atom stereocenters. The van der Waals surface area contributed by atoms with Gasteiger partial charge in [0.25, 0.3) is 0 Å². The number of nitriles is 1. The summed E-state index contributed by atoms with van der Waals surface area (Å²) < 4.78 is 28.5. The fourth-order valence-corrected chi connectivity index (χ4v) is 5.45. The number of thiophene rings is 1. The van der Waals surface area contributed by atoms with Crippen molar-refractivity contribution < 1.29 is 33.3 Å². The molecular formula is C29H29N3O7S. The Bertz CT molecular complexity index is 1590. The van der Waals surface area contributed by atoms with Crippen LogP contribution in [0.2, 0.25) is 0 Å². The first-order chi connectivity index (χ1) is 19.3. The van der Waals surface area contributed by atoms with Gasteiger partial charge in [0.1, 0.15) is 12.6 Å². The van der Waals surface area contributed by atoms with Crippen molar-refractivity contribution in [3.8, 4) is 44.9 Å². The van der Waals surface area contributed by atoms with E-state index in [0.29, 0.717) is 44.8 Å². The summed E-state index contributed by atoms with van der Waals surface area (Å²) in [7, 11) is 4.51. The van der Waals surface area contributed by atoms with Gasteiger partial charge in [-0.2, -0.15) is 5.26 Å². The Labute approximate surface area is 235 Å². The molecule has 0 fully saturated rings. The molecule has 0 saturated heterocycles. The van der Waals surface area contributed by atoms with Gasteiger partial charge in [-0.05, 0) is 49.1 Å². The van der Waals surface area contributed by atoms with Crippen molar-refractivity contribution >= 4 is 39.9 Å². The number of rotatable bonds is 10. The number of esters is 2. The lowest BCUT2D eigenvalue weighted by Crippen LogP contribution is -2.20. The Morgan fingerprint density at radius 2 is 1.68 bits per heavy atom. The summed E-state index contributed by atoms with van der Waals surface area (Å²) >= 11 is 1.47. The van der Waals surface area contributed by atoms with E-state index in [4.69, 9.17) is 29.4 Å². The Morgan fingerprint density at radius 1 is 1.00 bits per heavy atom. The van der Waals surface area contributed by atoms with Crippen LogP contribution >= 0.6 is 11.3 Å². The highest BCUT2D eigenvalue weighted by molar-refractivity contribution is 7.13. The van der Waals surface area contributed by atoms with Crippen molar-refractivity contribution in [3.05, 3.63) is 47.0 Å². The van der Waals surface area contributed by atoms with Crippen LogP contribution in [0.1, 0.15) is 29.9 Å². The summed E-state index contributed by atoms with van der Waals surface area (Å²) in [5.41, 5.74) is 8.99. The molecule has 11 heteroatoms. The highest BCUT2D eigenvalue weighted by Gasteiger charge is 2.30. The lowest BCUT2D eigenvalue weighted by Gasteiger charge is -2.17. The fourth-order valence-electron chi connectivity index (χ4n) is 4.70. The molecule has 0 bridgehead atoms. The van der Waals surface area contributed by atoms with Gasteiger partial charge in [0.15, 0.2) is 17.2 Å². The second-order valence-electron chi connectivity index (χ2n) is 8.45. The van der Waals surface area contributed by atoms with Gasteiger partial charge in [0.05, 0.1) is 51.3 Å². The van der Waals surface area contributed by atoms with E-state index in [0.717, 1.165) is 4.88 Å². The van der Waals surface area contributed by atoms with Crippen LogP contribution in [0.15, 0.2) is 35.7 Å². The van der Waals surface area contributed by atoms with Gasteiger partial charge in [0.2, 0.25) is 5.75 Å². The molecule has 0 aliphatic heterocycles. The monoisotopic (exact) mass is 563 g/mol. The van der Waals surface area contributed by atoms with E-state index in [-0.39, 0.29) is 36.7 Å². The molecule has 0 spiro atoms. The lowest BCUT2D eigenvalue weighted by atomic mass is 9.93. The predicted molar refractivity (Wildman–Crippen MR) is 152 cm³/mol. The van der Waals surface area contributed by atoms with Gasteiger partial charge < -0.3 is 34.0 Å². The SMILES string of the molecule is CCOC(=O)Cn1c(C(=O)OCC)c(N)c2c(-c3cccs3)cc(-c3cc(OC)c(OC)c(OC)c3)c(C#N)c21. The molecule has 10 nitrogen and oxygen atoms in total. The highest BCUT2D eigenvalue weighted by atomic mass is 32.1. The first kappa shape index (κ1) is 28.3. The molecule has 4 rings (SSSR count). The number of fused-ring (bicyclic) bond motifs is 1. The fraction of sp³-hybridized carbons (Fsp3) is 0.276. The molecule has 0 saturated carbocycles. The maximum absolute atomic E-state index is 13.2. The zero-order valence-electron chi connectivity index (χ0n) is 22.8. The molecule has 2 aromatic carbocycles. The maximum atomic E-state index is 13.2. The number of ether oxygens (including phenoxy) is 5. The van der Waals surface area contributed by atoms with Crippen LogP contribution in [0.5, 0.6) is 17.2 Å². The number of anilines is 1. The summed E-state index contributed by atoms with van der Waals surface area (Å²) in [6, 6.07) is 11.4. The molecule has 208 valence electrons. The first-order valence-electron chi connectivity index (χ1n) is 12.4. The average molecular weight is 564 g/mol. The molecule has 2 heterocycles. The van der Waals surface area contributed by atoms with Gasteiger partial charge in [-0.25, -0.2) is 4.79 Å². The van der Waals surface area contributed by atoms with Crippen molar-refractivity contribution in [2.45, 2.75) is 20.4 Å². The molecule has 0 atom stereocenters. The lowest BCUT2D eigenvalue weighted by molar-refractivity contribution is -0.143. The first-order valence-corrected chi connectivity index (χ1v) is 13.3. The van der Waals surface area contributed by atoms with Crippen molar-refractivity contribution in [2.75, 3.05) is 40.3 Å². The normalized spacial score (nSPS) is 10.7. The molecule has 0 radical (unpaired) electrons. The molecule has 40 heavy (non-hydrogen) atoms. The Hall–Kier alpha value is -4.69. The third kappa shape index (κ3) is 4.89. The number of hydrogen-bond donors (Lipinski definition) is 1. The number of nitrogen functional groups attached to an aromatic ring is 1. The Balaban J connectivity index is 2.20. The number of nitrogens with two attached hydrogens (primary N) is 1. The summed E-state index contributed by atoms with van der Waals surface area (Å²) in [6.45, 7) is 3.24. The zero-order chi connectivity index (χ0) is 29.0. The second-order valence-corrected chi connectivity index (χ2v) is 9.40. The van der Waals surface area contributed by atoms with E-state index in [1.165, 1.54) is 37.2 Å². The molecule has 0 aliphatic rings. The topological polar surface area (TPSA) is 135 Å². The van der Waals surface area contributed by atoms with Crippen LogP contribution < -0.4 is 19.9 Å². The van der Waals surface area contributed by atoms with Crippen molar-refractivity contribution in [1.29, 1.82) is 5.26 Å². The van der Waals surface area contributed by atoms with Gasteiger partial charge in [0, 0.05) is 21.4 Å². The number of methoxy groups -OCH3 is 3. The van der Waals surface area contributed by atoms with Gasteiger partial charge in [-0.1, -0.05) is 6.07 Å². The smallest absolute Gasteiger partial charge is 0.357 e. The number of nitrogens with zero attached hydrogens (tertiary/aromatic N) is 2. The molecule has 2 N–H and O–H groups in total. The zero-order valence-corrected chi connectivity index (χ0v) is 23.6. The summed E-state index contributed by atoms with van der Waals surface area (Å²) in [5.74, 6) is -0.119. The maximum Gasteiger partial charge on any atom is 0.357 e. The second kappa shape index (κ2) is 12.0. The molecule has 0 amide bonds. The number of benzene rings is 2. The number of aromatic nitrogens is 1. The van der Waals surface area contributed by atoms with Gasteiger partial charge >= 0.3 is 11.9 Å². The highest BCUT2D eigenvalue weighted by Crippen LogP contribution is 2.47. The summed E-state index contributed by atoms with van der Waals surface area (Å²) in [6.07, 6.45) is 0. The van der Waals surface area contributed by atoms with E-state index < -0.39 is 11.9 Å². The van der Waals surface area contributed by atoms with Crippen LogP contribution in [0.25, 0.3) is 32.5 Å². The van der Waals surface area contributed by atoms with Crippen molar-refractivity contribution in [3.63, 3.8) is 0 Å². The van der Waals surface area contributed by atoms with Crippen LogP contribution in [-0.2, 0) is 20.8 Å². The van der Waals surface area contributed by atoms with Crippen molar-refractivity contribution in [1.82, 2.24) is 4.57 Å². The minimum atomic E-state index is -0.712. The standard InChI is InChI=1S/C29H29N3O7S/c1-6-38-23(33)15-32-26-19(14-30)17(16-11-20(35-3)28(37-5)21(12-16)36-4)13-18(22-9-8-10-40-22)24(26)25(31)27(32)29(34)39-7-2/h8-13H,6-7,15,31H2,1-5H3. The minimum Gasteiger partial charge on any atom is -0.493 e. The van der Waals surface area contributed by atoms with E-state index in [1.807, 2.05) is 23.6 Å². The number of carbonyl (C=O) groups is 2. The van der Waals surface area contributed by atoms with E-state index in [1.54, 1.807) is 26.0 Å². The molecule has 0 aliphatic carbocycles. The van der Waals surface area contributed by atoms with Crippen LogP contribution in [0, 0.1) is 11.3 Å². The third-order valence-corrected chi connectivity index (χ3v) is 7.20. The van der Waals surface area contributed by atoms with E-state index >= 15 is 0 Å². The third-order valence-electron chi connectivity index (χ3n) is 6.30. The predicted octanol–water partition coefficient (Wildman–Crippen LogP) is 5.26. The minimum absolute atomic E-state index is 0.0266. The quantitative estimate of drug-likeness (QED) is 0.256. The number of carbonyl (C=O) groups excluding carboxylic acids is 2. The van der Waals surface area contributed by atoms with Crippen LogP contribution in [0.3, 0.4) is 0 Å². The Kier molecular flexibility index (Phi) is 8.50. The Morgan fingerprint density at radius 3 is 2.20 bits per heavy atom. The number of hydrogen-bond acceptors (Lipinski definition) is 10. The summed E-state index contributed by atoms with van der Waals surface area (Å²) in [5, 5.41) is 12.9. The van der Waals surface area contributed by atoms with Gasteiger partial charge in [-0.3, -0.25) is 4.79 Å². The van der Waals surface area contributed by atoms with Crippen molar-refractivity contribution in [2.24, 2.45) is 0 Å². The molecular weight excluding hydrogens is 534 g/mol. The molecule has 2 aromatic heterocycles. The average Bonchev–Trinajstić information content (AvgIpc) is 3.58. The molecule has 4 aromatic rings. The summed E-state index contributed by atoms with van der Waals surface area (Å²) in [4.78, 5) is 26.8.